The van der Waals surface area contributed by atoms with E-state index in [2.05, 4.69) is 4.98 Å². The molecule has 4 rings (SSSR count). The lowest BCUT2D eigenvalue weighted by Crippen LogP contribution is -2.72. The van der Waals surface area contributed by atoms with Crippen molar-refractivity contribution in [3.05, 3.63) is 41.0 Å². The second-order valence-electron chi connectivity index (χ2n) is 5.42. The molecule has 1 aromatic heterocycles. The Bertz CT molecular complexity index is 707. The number of aromatic nitrogens is 1. The van der Waals surface area contributed by atoms with Gasteiger partial charge in [0.15, 0.2) is 0 Å². The summed E-state index contributed by atoms with van der Waals surface area (Å²) in [4.78, 5) is 19.0. The molecule has 3 heterocycles. The standard InChI is InChI=1S/C15H13ClN2O2/c16-12-4-3-11(10-2-1-6-17-13(10)12)14(19)18-7-5-15(18)8-20-9-15/h1-4,6H,5,7-9H2. The maximum Gasteiger partial charge on any atom is 0.255 e. The van der Waals surface area contributed by atoms with Crippen LogP contribution in [0.3, 0.4) is 0 Å². The van der Waals surface area contributed by atoms with Gasteiger partial charge in [0.2, 0.25) is 0 Å². The number of benzene rings is 1. The summed E-state index contributed by atoms with van der Waals surface area (Å²) in [6.07, 6.45) is 2.72. The second-order valence-corrected chi connectivity index (χ2v) is 5.83. The first-order chi connectivity index (χ1) is 9.71. The van der Waals surface area contributed by atoms with Crippen molar-refractivity contribution in [1.29, 1.82) is 0 Å². The van der Waals surface area contributed by atoms with Gasteiger partial charge in [-0.1, -0.05) is 17.7 Å². The van der Waals surface area contributed by atoms with Crippen molar-refractivity contribution < 1.29 is 9.53 Å². The van der Waals surface area contributed by atoms with E-state index in [0.717, 1.165) is 18.4 Å². The molecule has 0 aliphatic carbocycles. The van der Waals surface area contributed by atoms with Crippen LogP contribution in [0.4, 0.5) is 0 Å². The molecule has 1 amide bonds. The van der Waals surface area contributed by atoms with Crippen LogP contribution in [-0.2, 0) is 4.74 Å². The molecule has 1 spiro atoms. The second kappa shape index (κ2) is 4.17. The van der Waals surface area contributed by atoms with Gasteiger partial charge >= 0.3 is 0 Å². The van der Waals surface area contributed by atoms with Gasteiger partial charge in [0, 0.05) is 23.7 Å². The topological polar surface area (TPSA) is 42.4 Å². The number of ether oxygens (including phenoxy) is 1. The van der Waals surface area contributed by atoms with Crippen LogP contribution in [0.2, 0.25) is 5.02 Å². The van der Waals surface area contributed by atoms with Gasteiger partial charge in [-0.3, -0.25) is 9.78 Å². The van der Waals surface area contributed by atoms with E-state index in [0.29, 0.717) is 29.3 Å². The van der Waals surface area contributed by atoms with Gasteiger partial charge < -0.3 is 9.64 Å². The number of carbonyl (C=O) groups excluding carboxylic acids is 1. The fraction of sp³-hybridized carbons (Fsp3) is 0.333. The lowest BCUT2D eigenvalue weighted by molar-refractivity contribution is -0.172. The van der Waals surface area contributed by atoms with Crippen LogP contribution >= 0.6 is 11.6 Å². The first-order valence-corrected chi connectivity index (χ1v) is 7.02. The van der Waals surface area contributed by atoms with Crippen molar-refractivity contribution in [3.63, 3.8) is 0 Å². The van der Waals surface area contributed by atoms with Crippen molar-refractivity contribution >= 4 is 28.4 Å². The number of rotatable bonds is 1. The summed E-state index contributed by atoms with van der Waals surface area (Å²) in [5.41, 5.74) is 1.30. The van der Waals surface area contributed by atoms with E-state index in [1.165, 1.54) is 0 Å². The summed E-state index contributed by atoms with van der Waals surface area (Å²) >= 11 is 6.15. The highest BCUT2D eigenvalue weighted by atomic mass is 35.5. The van der Waals surface area contributed by atoms with Crippen LogP contribution in [-0.4, -0.2) is 41.1 Å². The molecular weight excluding hydrogens is 276 g/mol. The number of halogens is 1. The van der Waals surface area contributed by atoms with E-state index in [1.807, 2.05) is 17.0 Å². The van der Waals surface area contributed by atoms with Crippen LogP contribution in [0.1, 0.15) is 16.8 Å². The van der Waals surface area contributed by atoms with E-state index in [1.54, 1.807) is 18.3 Å². The maximum atomic E-state index is 12.8. The van der Waals surface area contributed by atoms with Crippen LogP contribution in [0.5, 0.6) is 0 Å². The molecule has 0 bridgehead atoms. The van der Waals surface area contributed by atoms with Gasteiger partial charge in [-0.25, -0.2) is 0 Å². The van der Waals surface area contributed by atoms with Crippen LogP contribution in [0.15, 0.2) is 30.5 Å². The number of carbonyl (C=O) groups is 1. The maximum absolute atomic E-state index is 12.8. The van der Waals surface area contributed by atoms with Gasteiger partial charge in [-0.2, -0.15) is 0 Å². The SMILES string of the molecule is O=C(c1ccc(Cl)c2ncccc12)N1CCC12COC2. The Kier molecular flexibility index (Phi) is 2.53. The third-order valence-corrected chi connectivity index (χ3v) is 4.62. The van der Waals surface area contributed by atoms with Crippen molar-refractivity contribution in [2.45, 2.75) is 12.0 Å². The van der Waals surface area contributed by atoms with Crippen molar-refractivity contribution in [1.82, 2.24) is 9.88 Å². The highest BCUT2D eigenvalue weighted by Gasteiger charge is 2.53. The average Bonchev–Trinajstić information content (AvgIpc) is 2.36. The minimum Gasteiger partial charge on any atom is -0.376 e. The normalized spacial score (nSPS) is 19.8. The Balaban J connectivity index is 1.79. The highest BCUT2D eigenvalue weighted by Crippen LogP contribution is 2.39. The highest BCUT2D eigenvalue weighted by molar-refractivity contribution is 6.35. The largest absolute Gasteiger partial charge is 0.376 e. The number of pyridine rings is 1. The Labute approximate surface area is 121 Å². The van der Waals surface area contributed by atoms with Crippen LogP contribution in [0.25, 0.3) is 10.9 Å². The molecule has 0 N–H and O–H groups in total. The molecule has 2 saturated heterocycles. The van der Waals surface area contributed by atoms with Gasteiger partial charge in [0.1, 0.15) is 0 Å². The molecule has 2 fully saturated rings. The number of nitrogens with zero attached hydrogens (tertiary/aromatic N) is 2. The first-order valence-electron chi connectivity index (χ1n) is 6.64. The summed E-state index contributed by atoms with van der Waals surface area (Å²) in [5.74, 6) is 0.0502. The molecule has 2 aromatic rings. The monoisotopic (exact) mass is 288 g/mol. The van der Waals surface area contributed by atoms with Gasteiger partial charge in [0.05, 0.1) is 29.3 Å². The molecular formula is C15H13ClN2O2. The Morgan fingerprint density at radius 1 is 1.35 bits per heavy atom. The van der Waals surface area contributed by atoms with Crippen molar-refractivity contribution in [2.75, 3.05) is 19.8 Å². The molecule has 0 atom stereocenters. The molecule has 2 aliphatic rings. The zero-order valence-corrected chi connectivity index (χ0v) is 11.6. The molecule has 102 valence electrons. The number of hydrogen-bond acceptors (Lipinski definition) is 3. The molecule has 5 heteroatoms. The minimum absolute atomic E-state index is 0.0502. The van der Waals surface area contributed by atoms with E-state index < -0.39 is 0 Å². The Morgan fingerprint density at radius 3 is 2.85 bits per heavy atom. The molecule has 0 unspecified atom stereocenters. The molecule has 0 radical (unpaired) electrons. The fourth-order valence-electron chi connectivity index (χ4n) is 2.96. The van der Waals surface area contributed by atoms with Crippen molar-refractivity contribution in [2.24, 2.45) is 0 Å². The summed E-state index contributed by atoms with van der Waals surface area (Å²) < 4.78 is 5.28. The molecule has 0 saturated carbocycles. The van der Waals surface area contributed by atoms with Gasteiger partial charge in [-0.15, -0.1) is 0 Å². The van der Waals surface area contributed by atoms with Gasteiger partial charge in [-0.05, 0) is 24.6 Å². The third kappa shape index (κ3) is 1.52. The lowest BCUT2D eigenvalue weighted by Gasteiger charge is -2.57. The molecule has 4 nitrogen and oxygen atoms in total. The van der Waals surface area contributed by atoms with E-state index in [4.69, 9.17) is 16.3 Å². The lowest BCUT2D eigenvalue weighted by atomic mass is 9.82. The fourth-order valence-corrected chi connectivity index (χ4v) is 3.18. The minimum atomic E-state index is -0.0503. The smallest absolute Gasteiger partial charge is 0.255 e. The van der Waals surface area contributed by atoms with Gasteiger partial charge in [0.25, 0.3) is 5.91 Å². The summed E-state index contributed by atoms with van der Waals surface area (Å²) in [7, 11) is 0. The molecule has 2 aliphatic heterocycles. The van der Waals surface area contributed by atoms with Crippen molar-refractivity contribution in [3.8, 4) is 0 Å². The van der Waals surface area contributed by atoms with Crippen LogP contribution in [0, 0.1) is 0 Å². The molecule has 20 heavy (non-hydrogen) atoms. The predicted molar refractivity (Wildman–Crippen MR) is 76.0 cm³/mol. The zero-order chi connectivity index (χ0) is 13.7. The Morgan fingerprint density at radius 2 is 2.20 bits per heavy atom. The van der Waals surface area contributed by atoms with E-state index >= 15 is 0 Å². The third-order valence-electron chi connectivity index (χ3n) is 4.31. The quantitative estimate of drug-likeness (QED) is 0.810. The predicted octanol–water partition coefficient (Wildman–Crippen LogP) is 2.50. The number of likely N-dealkylation sites (tertiary alicyclic amines) is 1. The number of amides is 1. The first kappa shape index (κ1) is 12.1. The van der Waals surface area contributed by atoms with E-state index in [9.17, 15) is 4.79 Å². The summed E-state index contributed by atoms with van der Waals surface area (Å²) in [6.45, 7) is 2.11. The summed E-state index contributed by atoms with van der Waals surface area (Å²) in [5, 5.41) is 1.38. The molecule has 1 aromatic carbocycles. The zero-order valence-electron chi connectivity index (χ0n) is 10.8. The van der Waals surface area contributed by atoms with Crippen LogP contribution < -0.4 is 0 Å². The summed E-state index contributed by atoms with van der Waals surface area (Å²) in [6, 6.07) is 7.26. The Hall–Kier alpha value is -1.65. The number of fused-ring (bicyclic) bond motifs is 1. The average molecular weight is 289 g/mol. The van der Waals surface area contributed by atoms with E-state index in [-0.39, 0.29) is 11.4 Å². The number of hydrogen-bond donors (Lipinski definition) is 0.